The average Bonchev–Trinajstić information content (AvgIpc) is 2.27. The SMILES string of the molecule is COCC(C)(C)C(=O)NCc1ccccn1. The van der Waals surface area contributed by atoms with Crippen molar-refractivity contribution >= 4 is 5.91 Å². The van der Waals surface area contributed by atoms with Gasteiger partial charge < -0.3 is 10.1 Å². The molecular formula is C12H18N2O2. The van der Waals surface area contributed by atoms with Gasteiger partial charge in [-0.1, -0.05) is 6.07 Å². The quantitative estimate of drug-likeness (QED) is 0.818. The van der Waals surface area contributed by atoms with Crippen molar-refractivity contribution in [1.29, 1.82) is 0 Å². The molecule has 0 atom stereocenters. The molecule has 1 heterocycles. The zero-order valence-corrected chi connectivity index (χ0v) is 9.99. The van der Waals surface area contributed by atoms with Crippen molar-refractivity contribution < 1.29 is 9.53 Å². The van der Waals surface area contributed by atoms with Crippen molar-refractivity contribution in [2.24, 2.45) is 5.41 Å². The van der Waals surface area contributed by atoms with Crippen LogP contribution in [0, 0.1) is 5.41 Å². The standard InChI is InChI=1S/C12H18N2O2/c1-12(2,9-16-3)11(15)14-8-10-6-4-5-7-13-10/h4-7H,8-9H2,1-3H3,(H,14,15). The van der Waals surface area contributed by atoms with Crippen molar-refractivity contribution in [3.8, 4) is 0 Å². The summed E-state index contributed by atoms with van der Waals surface area (Å²) in [6.07, 6.45) is 1.71. The molecule has 0 aromatic carbocycles. The summed E-state index contributed by atoms with van der Waals surface area (Å²) in [6.45, 7) is 4.56. The maximum atomic E-state index is 11.8. The molecule has 0 spiro atoms. The monoisotopic (exact) mass is 222 g/mol. The Morgan fingerprint density at radius 2 is 2.25 bits per heavy atom. The number of aromatic nitrogens is 1. The van der Waals surface area contributed by atoms with E-state index in [1.54, 1.807) is 13.3 Å². The van der Waals surface area contributed by atoms with Gasteiger partial charge in [-0.2, -0.15) is 0 Å². The Hall–Kier alpha value is -1.42. The molecule has 0 aliphatic rings. The summed E-state index contributed by atoms with van der Waals surface area (Å²) < 4.78 is 5.00. The zero-order valence-electron chi connectivity index (χ0n) is 9.99. The number of nitrogens with one attached hydrogen (secondary N) is 1. The lowest BCUT2D eigenvalue weighted by Crippen LogP contribution is -2.39. The van der Waals surface area contributed by atoms with Gasteiger partial charge in [-0.05, 0) is 26.0 Å². The fourth-order valence-electron chi connectivity index (χ4n) is 1.34. The fraction of sp³-hybridized carbons (Fsp3) is 0.500. The van der Waals surface area contributed by atoms with Crippen LogP contribution in [0.25, 0.3) is 0 Å². The summed E-state index contributed by atoms with van der Waals surface area (Å²) in [4.78, 5) is 15.9. The normalized spacial score (nSPS) is 11.2. The van der Waals surface area contributed by atoms with Crippen molar-refractivity contribution in [2.45, 2.75) is 20.4 Å². The summed E-state index contributed by atoms with van der Waals surface area (Å²) in [5.41, 5.74) is 0.341. The molecule has 0 aliphatic heterocycles. The van der Waals surface area contributed by atoms with E-state index in [1.165, 1.54) is 0 Å². The van der Waals surface area contributed by atoms with E-state index in [-0.39, 0.29) is 5.91 Å². The minimum absolute atomic E-state index is 0.0278. The van der Waals surface area contributed by atoms with Gasteiger partial charge in [0.2, 0.25) is 5.91 Å². The van der Waals surface area contributed by atoms with Crippen molar-refractivity contribution in [1.82, 2.24) is 10.3 Å². The number of carbonyl (C=O) groups excluding carboxylic acids is 1. The van der Waals surface area contributed by atoms with Crippen molar-refractivity contribution in [2.75, 3.05) is 13.7 Å². The van der Waals surface area contributed by atoms with E-state index >= 15 is 0 Å². The predicted molar refractivity (Wildman–Crippen MR) is 61.7 cm³/mol. The molecule has 0 bridgehead atoms. The van der Waals surface area contributed by atoms with Gasteiger partial charge in [-0.25, -0.2) is 0 Å². The highest BCUT2D eigenvalue weighted by Gasteiger charge is 2.27. The number of nitrogens with zero attached hydrogens (tertiary/aromatic N) is 1. The van der Waals surface area contributed by atoms with Crippen molar-refractivity contribution in [3.63, 3.8) is 0 Å². The number of rotatable bonds is 5. The molecule has 0 saturated carbocycles. The van der Waals surface area contributed by atoms with E-state index in [9.17, 15) is 4.79 Å². The number of hydrogen-bond donors (Lipinski definition) is 1. The molecule has 0 aliphatic carbocycles. The van der Waals surface area contributed by atoms with Crippen LogP contribution in [0.1, 0.15) is 19.5 Å². The molecule has 88 valence electrons. The summed E-state index contributed by atoms with van der Waals surface area (Å²) in [5, 5.41) is 2.84. The Labute approximate surface area is 96.0 Å². The van der Waals surface area contributed by atoms with Crippen LogP contribution in [-0.4, -0.2) is 24.6 Å². The Balaban J connectivity index is 2.47. The Bertz CT molecular complexity index is 336. The molecule has 0 fully saturated rings. The highest BCUT2D eigenvalue weighted by atomic mass is 16.5. The number of methoxy groups -OCH3 is 1. The largest absolute Gasteiger partial charge is 0.384 e. The second-order valence-electron chi connectivity index (χ2n) is 4.32. The molecule has 0 saturated heterocycles. The molecule has 4 heteroatoms. The van der Waals surface area contributed by atoms with E-state index in [1.807, 2.05) is 32.0 Å². The molecular weight excluding hydrogens is 204 g/mol. The molecule has 4 nitrogen and oxygen atoms in total. The molecule has 1 amide bonds. The molecule has 1 aromatic rings. The first-order chi connectivity index (χ1) is 7.56. The van der Waals surface area contributed by atoms with Crippen LogP contribution < -0.4 is 5.32 Å². The topological polar surface area (TPSA) is 51.2 Å². The zero-order chi connectivity index (χ0) is 12.0. The lowest BCUT2D eigenvalue weighted by atomic mass is 9.93. The number of carbonyl (C=O) groups is 1. The number of ether oxygens (including phenoxy) is 1. The first-order valence-corrected chi connectivity index (χ1v) is 5.23. The predicted octanol–water partition coefficient (Wildman–Crippen LogP) is 1.37. The summed E-state index contributed by atoms with van der Waals surface area (Å²) >= 11 is 0. The minimum atomic E-state index is -0.510. The van der Waals surface area contributed by atoms with Crippen LogP contribution in [0.3, 0.4) is 0 Å². The van der Waals surface area contributed by atoms with Crippen LogP contribution >= 0.6 is 0 Å². The average molecular weight is 222 g/mol. The molecule has 1 aromatic heterocycles. The highest BCUT2D eigenvalue weighted by Crippen LogP contribution is 2.15. The van der Waals surface area contributed by atoms with Crippen LogP contribution in [0.15, 0.2) is 24.4 Å². The number of amides is 1. The third-order valence-corrected chi connectivity index (χ3v) is 2.28. The van der Waals surface area contributed by atoms with Gasteiger partial charge in [0.15, 0.2) is 0 Å². The minimum Gasteiger partial charge on any atom is -0.384 e. The Kier molecular flexibility index (Phi) is 4.43. The van der Waals surface area contributed by atoms with E-state index in [4.69, 9.17) is 4.74 Å². The van der Waals surface area contributed by atoms with Gasteiger partial charge >= 0.3 is 0 Å². The van der Waals surface area contributed by atoms with Crippen molar-refractivity contribution in [3.05, 3.63) is 30.1 Å². The van der Waals surface area contributed by atoms with Gasteiger partial charge in [0.1, 0.15) is 0 Å². The molecule has 16 heavy (non-hydrogen) atoms. The molecule has 1 rings (SSSR count). The molecule has 0 unspecified atom stereocenters. The Morgan fingerprint density at radius 1 is 1.50 bits per heavy atom. The molecule has 1 N–H and O–H groups in total. The van der Waals surface area contributed by atoms with Gasteiger partial charge in [0, 0.05) is 13.3 Å². The first-order valence-electron chi connectivity index (χ1n) is 5.23. The van der Waals surface area contributed by atoms with E-state index in [0.717, 1.165) is 5.69 Å². The molecule has 0 radical (unpaired) electrons. The summed E-state index contributed by atoms with van der Waals surface area (Å²) in [5.74, 6) is -0.0278. The second-order valence-corrected chi connectivity index (χ2v) is 4.32. The summed E-state index contributed by atoms with van der Waals surface area (Å²) in [6, 6.07) is 5.62. The lowest BCUT2D eigenvalue weighted by Gasteiger charge is -2.22. The van der Waals surface area contributed by atoms with E-state index in [2.05, 4.69) is 10.3 Å². The maximum Gasteiger partial charge on any atom is 0.228 e. The Morgan fingerprint density at radius 3 is 2.81 bits per heavy atom. The summed E-state index contributed by atoms with van der Waals surface area (Å²) in [7, 11) is 1.59. The smallest absolute Gasteiger partial charge is 0.228 e. The van der Waals surface area contributed by atoms with E-state index < -0.39 is 5.41 Å². The third kappa shape index (κ3) is 3.62. The fourth-order valence-corrected chi connectivity index (χ4v) is 1.34. The third-order valence-electron chi connectivity index (χ3n) is 2.28. The van der Waals surface area contributed by atoms with Crippen LogP contribution in [-0.2, 0) is 16.1 Å². The van der Waals surface area contributed by atoms with Crippen LogP contribution in [0.5, 0.6) is 0 Å². The number of pyridine rings is 1. The first kappa shape index (κ1) is 12.6. The van der Waals surface area contributed by atoms with Gasteiger partial charge in [-0.15, -0.1) is 0 Å². The van der Waals surface area contributed by atoms with Gasteiger partial charge in [-0.3, -0.25) is 9.78 Å². The van der Waals surface area contributed by atoms with Crippen LogP contribution in [0.4, 0.5) is 0 Å². The second kappa shape index (κ2) is 5.61. The maximum absolute atomic E-state index is 11.8. The van der Waals surface area contributed by atoms with Crippen LogP contribution in [0.2, 0.25) is 0 Å². The lowest BCUT2D eigenvalue weighted by molar-refractivity contribution is -0.132. The van der Waals surface area contributed by atoms with Gasteiger partial charge in [0.05, 0.1) is 24.3 Å². The number of hydrogen-bond acceptors (Lipinski definition) is 3. The van der Waals surface area contributed by atoms with Gasteiger partial charge in [0.25, 0.3) is 0 Å². The highest BCUT2D eigenvalue weighted by molar-refractivity contribution is 5.81. The van der Waals surface area contributed by atoms with E-state index in [0.29, 0.717) is 13.2 Å².